The van der Waals surface area contributed by atoms with E-state index in [1.807, 2.05) is 31.2 Å². The standard InChI is InChI=1S/C14H11BrINO2/c1-8-2-5-13(10(6-8)14(18)19)17-9-3-4-12(16)11(15)7-9/h2-7,17H,1H3,(H,18,19). The number of benzene rings is 2. The topological polar surface area (TPSA) is 49.3 Å². The summed E-state index contributed by atoms with van der Waals surface area (Å²) < 4.78 is 2.08. The van der Waals surface area contributed by atoms with Crippen molar-refractivity contribution in [2.24, 2.45) is 0 Å². The van der Waals surface area contributed by atoms with Gasteiger partial charge in [0, 0.05) is 13.7 Å². The molecular formula is C14H11BrINO2. The van der Waals surface area contributed by atoms with Gasteiger partial charge in [0.25, 0.3) is 0 Å². The van der Waals surface area contributed by atoms with E-state index in [2.05, 4.69) is 43.8 Å². The van der Waals surface area contributed by atoms with Crippen molar-refractivity contribution < 1.29 is 9.90 Å². The first-order chi connectivity index (χ1) is 8.97. The molecule has 0 amide bonds. The summed E-state index contributed by atoms with van der Waals surface area (Å²) in [4.78, 5) is 11.2. The fraction of sp³-hybridized carbons (Fsp3) is 0.0714. The van der Waals surface area contributed by atoms with E-state index in [1.165, 1.54) is 0 Å². The van der Waals surface area contributed by atoms with Gasteiger partial charge in [0.05, 0.1) is 11.3 Å². The highest BCUT2D eigenvalue weighted by molar-refractivity contribution is 14.1. The Morgan fingerprint density at radius 2 is 2.00 bits per heavy atom. The Bertz CT molecular complexity index is 643. The second kappa shape index (κ2) is 5.92. The molecular weight excluding hydrogens is 421 g/mol. The molecule has 2 rings (SSSR count). The Morgan fingerprint density at radius 1 is 1.26 bits per heavy atom. The Kier molecular flexibility index (Phi) is 4.46. The van der Waals surface area contributed by atoms with Crippen LogP contribution >= 0.6 is 38.5 Å². The van der Waals surface area contributed by atoms with Gasteiger partial charge in [0.2, 0.25) is 0 Å². The molecule has 0 radical (unpaired) electrons. The molecule has 0 heterocycles. The quantitative estimate of drug-likeness (QED) is 0.686. The molecule has 2 N–H and O–H groups in total. The van der Waals surface area contributed by atoms with Crippen molar-refractivity contribution in [1.29, 1.82) is 0 Å². The summed E-state index contributed by atoms with van der Waals surface area (Å²) >= 11 is 5.68. The van der Waals surface area contributed by atoms with Gasteiger partial charge in [-0.25, -0.2) is 4.79 Å². The molecule has 0 saturated heterocycles. The predicted molar refractivity (Wildman–Crippen MR) is 88.3 cm³/mol. The monoisotopic (exact) mass is 431 g/mol. The van der Waals surface area contributed by atoms with E-state index >= 15 is 0 Å². The number of nitrogens with one attached hydrogen (secondary N) is 1. The Morgan fingerprint density at radius 3 is 2.63 bits per heavy atom. The number of hydrogen-bond donors (Lipinski definition) is 2. The SMILES string of the molecule is Cc1ccc(Nc2ccc(I)c(Br)c2)c(C(=O)O)c1. The van der Waals surface area contributed by atoms with Crippen LogP contribution in [0.3, 0.4) is 0 Å². The molecule has 19 heavy (non-hydrogen) atoms. The third-order valence-electron chi connectivity index (χ3n) is 2.60. The summed E-state index contributed by atoms with van der Waals surface area (Å²) in [6, 6.07) is 11.1. The molecule has 0 bridgehead atoms. The minimum absolute atomic E-state index is 0.273. The highest BCUT2D eigenvalue weighted by Crippen LogP contribution is 2.27. The van der Waals surface area contributed by atoms with Crippen LogP contribution in [0.15, 0.2) is 40.9 Å². The summed E-state index contributed by atoms with van der Waals surface area (Å²) in [5, 5.41) is 12.4. The van der Waals surface area contributed by atoms with Gasteiger partial charge in [-0.3, -0.25) is 0 Å². The number of carboxylic acid groups (broad SMARTS) is 1. The van der Waals surface area contributed by atoms with Crippen LogP contribution in [0.4, 0.5) is 11.4 Å². The van der Waals surface area contributed by atoms with Crippen molar-refractivity contribution in [3.8, 4) is 0 Å². The molecule has 0 aliphatic rings. The van der Waals surface area contributed by atoms with Crippen molar-refractivity contribution in [2.45, 2.75) is 6.92 Å². The van der Waals surface area contributed by atoms with Gasteiger partial charge >= 0.3 is 5.97 Å². The largest absolute Gasteiger partial charge is 0.478 e. The number of carbonyl (C=O) groups is 1. The number of aromatic carboxylic acids is 1. The van der Waals surface area contributed by atoms with Gasteiger partial charge in [-0.05, 0) is 75.8 Å². The smallest absolute Gasteiger partial charge is 0.337 e. The molecule has 0 fully saturated rings. The second-order valence-electron chi connectivity index (χ2n) is 4.11. The van der Waals surface area contributed by atoms with E-state index in [0.29, 0.717) is 5.69 Å². The van der Waals surface area contributed by atoms with Gasteiger partial charge in [-0.2, -0.15) is 0 Å². The van der Waals surface area contributed by atoms with Crippen molar-refractivity contribution in [2.75, 3.05) is 5.32 Å². The average Bonchev–Trinajstić information content (AvgIpc) is 2.36. The van der Waals surface area contributed by atoms with Gasteiger partial charge < -0.3 is 10.4 Å². The first kappa shape index (κ1) is 14.3. The minimum Gasteiger partial charge on any atom is -0.478 e. The normalized spacial score (nSPS) is 10.3. The van der Waals surface area contributed by atoms with Crippen LogP contribution in [0.2, 0.25) is 0 Å². The maximum Gasteiger partial charge on any atom is 0.337 e. The number of rotatable bonds is 3. The van der Waals surface area contributed by atoms with Crippen molar-refractivity contribution >= 4 is 55.9 Å². The summed E-state index contributed by atoms with van der Waals surface area (Å²) in [5.41, 5.74) is 2.63. The van der Waals surface area contributed by atoms with Crippen molar-refractivity contribution in [3.05, 3.63) is 55.6 Å². The summed E-state index contributed by atoms with van der Waals surface area (Å²) in [5.74, 6) is -0.934. The predicted octanol–water partition coefficient (Wildman–Crippen LogP) is 4.80. The first-order valence-electron chi connectivity index (χ1n) is 5.53. The first-order valence-corrected chi connectivity index (χ1v) is 7.40. The third-order valence-corrected chi connectivity index (χ3v) is 4.94. The molecule has 0 unspecified atom stereocenters. The molecule has 0 aliphatic heterocycles. The van der Waals surface area contributed by atoms with Gasteiger partial charge in [-0.1, -0.05) is 11.6 Å². The zero-order chi connectivity index (χ0) is 14.0. The van der Waals surface area contributed by atoms with E-state index in [0.717, 1.165) is 19.3 Å². The number of carboxylic acids is 1. The van der Waals surface area contributed by atoms with Crippen LogP contribution in [-0.4, -0.2) is 11.1 Å². The lowest BCUT2D eigenvalue weighted by molar-refractivity contribution is 0.0698. The van der Waals surface area contributed by atoms with Crippen LogP contribution in [0.1, 0.15) is 15.9 Å². The maximum absolute atomic E-state index is 11.2. The van der Waals surface area contributed by atoms with E-state index in [9.17, 15) is 9.90 Å². The lowest BCUT2D eigenvalue weighted by atomic mass is 10.1. The Hall–Kier alpha value is -1.08. The number of hydrogen-bond acceptors (Lipinski definition) is 2. The molecule has 0 aliphatic carbocycles. The Labute approximate surface area is 133 Å². The van der Waals surface area contributed by atoms with Gasteiger partial charge in [-0.15, -0.1) is 0 Å². The van der Waals surface area contributed by atoms with E-state index in [4.69, 9.17) is 0 Å². The number of halogens is 2. The highest BCUT2D eigenvalue weighted by atomic mass is 127. The summed E-state index contributed by atoms with van der Waals surface area (Å²) in [6.07, 6.45) is 0. The highest BCUT2D eigenvalue weighted by Gasteiger charge is 2.10. The van der Waals surface area contributed by atoms with Crippen LogP contribution in [0, 0.1) is 10.5 Å². The molecule has 5 heteroatoms. The summed E-state index contributed by atoms with van der Waals surface area (Å²) in [7, 11) is 0. The molecule has 98 valence electrons. The lowest BCUT2D eigenvalue weighted by Gasteiger charge is -2.11. The molecule has 0 spiro atoms. The van der Waals surface area contributed by atoms with Crippen LogP contribution in [0.5, 0.6) is 0 Å². The maximum atomic E-state index is 11.2. The zero-order valence-corrected chi connectivity index (χ0v) is 13.8. The van der Waals surface area contributed by atoms with Gasteiger partial charge in [0.1, 0.15) is 0 Å². The molecule has 3 nitrogen and oxygen atoms in total. The van der Waals surface area contributed by atoms with E-state index in [-0.39, 0.29) is 5.56 Å². The fourth-order valence-electron chi connectivity index (χ4n) is 1.67. The van der Waals surface area contributed by atoms with E-state index in [1.54, 1.807) is 12.1 Å². The van der Waals surface area contributed by atoms with E-state index < -0.39 is 5.97 Å². The average molecular weight is 432 g/mol. The van der Waals surface area contributed by atoms with Gasteiger partial charge in [0.15, 0.2) is 0 Å². The van der Waals surface area contributed by atoms with Crippen molar-refractivity contribution in [3.63, 3.8) is 0 Å². The lowest BCUT2D eigenvalue weighted by Crippen LogP contribution is -2.03. The zero-order valence-electron chi connectivity index (χ0n) is 10.1. The van der Waals surface area contributed by atoms with Crippen molar-refractivity contribution in [1.82, 2.24) is 0 Å². The molecule has 0 saturated carbocycles. The minimum atomic E-state index is -0.934. The Balaban J connectivity index is 2.37. The second-order valence-corrected chi connectivity index (χ2v) is 6.12. The molecule has 2 aromatic carbocycles. The third kappa shape index (κ3) is 3.48. The summed E-state index contributed by atoms with van der Waals surface area (Å²) in [6.45, 7) is 1.87. The number of aryl methyl sites for hydroxylation is 1. The number of anilines is 2. The molecule has 0 atom stereocenters. The van der Waals surface area contributed by atoms with Crippen LogP contribution < -0.4 is 5.32 Å². The molecule has 0 aromatic heterocycles. The van der Waals surface area contributed by atoms with Crippen LogP contribution in [0.25, 0.3) is 0 Å². The molecule has 2 aromatic rings. The fourth-order valence-corrected chi connectivity index (χ4v) is 2.39. The van der Waals surface area contributed by atoms with Crippen LogP contribution in [-0.2, 0) is 0 Å².